The molecule has 0 fully saturated rings. The van der Waals surface area contributed by atoms with Crippen LogP contribution in [0.25, 0.3) is 0 Å². The number of benzene rings is 1. The summed E-state index contributed by atoms with van der Waals surface area (Å²) in [7, 11) is 1.59. The maximum absolute atomic E-state index is 9.50. The van der Waals surface area contributed by atoms with Crippen molar-refractivity contribution in [3.05, 3.63) is 35.4 Å². The van der Waals surface area contributed by atoms with Crippen LogP contribution in [0.2, 0.25) is 0 Å². The Morgan fingerprint density at radius 1 is 1.31 bits per heavy atom. The molecule has 2 atom stereocenters. The predicted molar refractivity (Wildman–Crippen MR) is 65.5 cm³/mol. The molecule has 0 saturated carbocycles. The van der Waals surface area contributed by atoms with Crippen molar-refractivity contribution >= 4 is 0 Å². The molecule has 0 amide bonds. The molecular weight excluding hydrogens is 202 g/mol. The van der Waals surface area contributed by atoms with E-state index in [0.29, 0.717) is 13.2 Å². The van der Waals surface area contributed by atoms with Crippen molar-refractivity contribution in [2.45, 2.75) is 26.0 Å². The smallest absolute Gasteiger partial charge is 0.0897 e. The number of aryl methyl sites for hydroxylation is 1. The summed E-state index contributed by atoms with van der Waals surface area (Å²) in [5.41, 5.74) is 2.49. The van der Waals surface area contributed by atoms with Gasteiger partial charge in [0.05, 0.1) is 12.7 Å². The summed E-state index contributed by atoms with van der Waals surface area (Å²) >= 11 is 0. The minimum atomic E-state index is -0.446. The Bertz CT molecular complexity index is 297. The highest BCUT2D eigenvalue weighted by Gasteiger charge is 2.07. The van der Waals surface area contributed by atoms with E-state index in [1.165, 1.54) is 11.1 Å². The van der Waals surface area contributed by atoms with Gasteiger partial charge >= 0.3 is 0 Å². The monoisotopic (exact) mass is 223 g/mol. The van der Waals surface area contributed by atoms with E-state index in [0.717, 1.165) is 0 Å². The van der Waals surface area contributed by atoms with Gasteiger partial charge in [-0.25, -0.2) is 0 Å². The topological polar surface area (TPSA) is 41.5 Å². The second-order valence-corrected chi connectivity index (χ2v) is 4.15. The highest BCUT2D eigenvalue weighted by atomic mass is 16.5. The van der Waals surface area contributed by atoms with Gasteiger partial charge in [-0.15, -0.1) is 0 Å². The minimum absolute atomic E-state index is 0.243. The molecule has 0 saturated heterocycles. The third kappa shape index (κ3) is 4.31. The van der Waals surface area contributed by atoms with Crippen LogP contribution >= 0.6 is 0 Å². The molecule has 2 N–H and O–H groups in total. The summed E-state index contributed by atoms with van der Waals surface area (Å²) in [6.45, 7) is 5.07. The average Bonchev–Trinajstić information content (AvgIpc) is 2.27. The average molecular weight is 223 g/mol. The molecule has 90 valence electrons. The lowest BCUT2D eigenvalue weighted by atomic mass is 10.1. The molecule has 0 heterocycles. The highest BCUT2D eigenvalue weighted by molar-refractivity contribution is 5.23. The number of hydrogen-bond donors (Lipinski definition) is 2. The molecule has 1 aromatic rings. The fourth-order valence-corrected chi connectivity index (χ4v) is 1.54. The Balaban J connectivity index is 2.40. The van der Waals surface area contributed by atoms with Crippen LogP contribution in [-0.2, 0) is 4.74 Å². The molecule has 0 aliphatic heterocycles. The number of methoxy groups -OCH3 is 1. The van der Waals surface area contributed by atoms with E-state index >= 15 is 0 Å². The number of rotatable bonds is 6. The second-order valence-electron chi connectivity index (χ2n) is 4.15. The molecule has 1 aromatic carbocycles. The number of aliphatic hydroxyl groups is 1. The molecule has 0 radical (unpaired) electrons. The summed E-state index contributed by atoms with van der Waals surface area (Å²) in [6.07, 6.45) is -0.446. The van der Waals surface area contributed by atoms with Crippen LogP contribution in [-0.4, -0.2) is 31.5 Å². The molecular formula is C13H21NO2. The zero-order valence-electron chi connectivity index (χ0n) is 10.2. The van der Waals surface area contributed by atoms with Crippen molar-refractivity contribution in [1.82, 2.24) is 5.32 Å². The molecule has 3 nitrogen and oxygen atoms in total. The van der Waals surface area contributed by atoms with Gasteiger partial charge in [0.1, 0.15) is 0 Å². The number of nitrogens with one attached hydrogen (secondary N) is 1. The first-order valence-corrected chi connectivity index (χ1v) is 5.60. The van der Waals surface area contributed by atoms with Crippen molar-refractivity contribution in [3.8, 4) is 0 Å². The number of ether oxygens (including phenoxy) is 1. The van der Waals surface area contributed by atoms with Gasteiger partial charge in [-0.2, -0.15) is 0 Å². The predicted octanol–water partition coefficient (Wildman–Crippen LogP) is 1.65. The third-order valence-corrected chi connectivity index (χ3v) is 2.60. The molecule has 0 aliphatic rings. The Morgan fingerprint density at radius 3 is 2.50 bits per heavy atom. The van der Waals surface area contributed by atoms with E-state index in [-0.39, 0.29) is 6.04 Å². The van der Waals surface area contributed by atoms with E-state index in [1.807, 2.05) is 0 Å². The summed E-state index contributed by atoms with van der Waals surface area (Å²) < 4.78 is 4.87. The molecule has 16 heavy (non-hydrogen) atoms. The zero-order valence-corrected chi connectivity index (χ0v) is 10.2. The van der Waals surface area contributed by atoms with Crippen molar-refractivity contribution < 1.29 is 9.84 Å². The highest BCUT2D eigenvalue weighted by Crippen LogP contribution is 2.12. The van der Waals surface area contributed by atoms with Crippen molar-refractivity contribution in [2.24, 2.45) is 0 Å². The van der Waals surface area contributed by atoms with E-state index in [9.17, 15) is 5.11 Å². The largest absolute Gasteiger partial charge is 0.389 e. The summed E-state index contributed by atoms with van der Waals surface area (Å²) in [5, 5.41) is 12.8. The van der Waals surface area contributed by atoms with Crippen LogP contribution in [0.4, 0.5) is 0 Å². The first kappa shape index (κ1) is 13.2. The molecule has 0 aliphatic carbocycles. The van der Waals surface area contributed by atoms with Crippen molar-refractivity contribution in [1.29, 1.82) is 0 Å². The van der Waals surface area contributed by atoms with E-state index in [2.05, 4.69) is 43.4 Å². The zero-order chi connectivity index (χ0) is 12.0. The second kappa shape index (κ2) is 6.63. The molecule has 0 spiro atoms. The lowest BCUT2D eigenvalue weighted by molar-refractivity contribution is 0.0630. The van der Waals surface area contributed by atoms with E-state index < -0.39 is 6.10 Å². The summed E-state index contributed by atoms with van der Waals surface area (Å²) in [6, 6.07) is 8.65. The van der Waals surface area contributed by atoms with Crippen LogP contribution in [0, 0.1) is 6.92 Å². The summed E-state index contributed by atoms with van der Waals surface area (Å²) in [5.74, 6) is 0. The van der Waals surface area contributed by atoms with Gasteiger partial charge in [-0.05, 0) is 19.4 Å². The standard InChI is InChI=1S/C13H21NO2/c1-10-4-6-12(7-5-10)11(2)14-8-13(15)9-16-3/h4-7,11,13-15H,8-9H2,1-3H3/t11-,13?/m1/s1. The van der Waals surface area contributed by atoms with Crippen LogP contribution < -0.4 is 5.32 Å². The molecule has 1 rings (SSSR count). The number of hydrogen-bond acceptors (Lipinski definition) is 3. The summed E-state index contributed by atoms with van der Waals surface area (Å²) in [4.78, 5) is 0. The Labute approximate surface area is 97.4 Å². The first-order valence-electron chi connectivity index (χ1n) is 5.60. The Morgan fingerprint density at radius 2 is 1.94 bits per heavy atom. The van der Waals surface area contributed by atoms with Gasteiger partial charge < -0.3 is 15.2 Å². The number of aliphatic hydroxyl groups excluding tert-OH is 1. The van der Waals surface area contributed by atoms with Crippen LogP contribution in [0.15, 0.2) is 24.3 Å². The quantitative estimate of drug-likeness (QED) is 0.770. The molecule has 0 aromatic heterocycles. The van der Waals surface area contributed by atoms with Crippen LogP contribution in [0.3, 0.4) is 0 Å². The van der Waals surface area contributed by atoms with E-state index in [1.54, 1.807) is 7.11 Å². The molecule has 3 heteroatoms. The van der Waals surface area contributed by atoms with Gasteiger partial charge in [0.15, 0.2) is 0 Å². The van der Waals surface area contributed by atoms with E-state index in [4.69, 9.17) is 4.74 Å². The minimum Gasteiger partial charge on any atom is -0.389 e. The fraction of sp³-hybridized carbons (Fsp3) is 0.538. The van der Waals surface area contributed by atoms with Crippen LogP contribution in [0.5, 0.6) is 0 Å². The maximum atomic E-state index is 9.50. The maximum Gasteiger partial charge on any atom is 0.0897 e. The van der Waals surface area contributed by atoms with Crippen molar-refractivity contribution in [2.75, 3.05) is 20.3 Å². The first-order chi connectivity index (χ1) is 7.63. The lowest BCUT2D eigenvalue weighted by Crippen LogP contribution is -2.31. The Kier molecular flexibility index (Phi) is 5.46. The normalized spacial score (nSPS) is 14.8. The fourth-order valence-electron chi connectivity index (χ4n) is 1.54. The van der Waals surface area contributed by atoms with Crippen molar-refractivity contribution in [3.63, 3.8) is 0 Å². The molecule has 1 unspecified atom stereocenters. The van der Waals surface area contributed by atoms with Gasteiger partial charge in [-0.3, -0.25) is 0 Å². The van der Waals surface area contributed by atoms with Gasteiger partial charge in [0.25, 0.3) is 0 Å². The van der Waals surface area contributed by atoms with Crippen LogP contribution in [0.1, 0.15) is 24.1 Å². The van der Waals surface area contributed by atoms with Gasteiger partial charge in [-0.1, -0.05) is 29.8 Å². The SMILES string of the molecule is COCC(O)CN[C@H](C)c1ccc(C)cc1. The van der Waals surface area contributed by atoms with Gasteiger partial charge in [0.2, 0.25) is 0 Å². The van der Waals surface area contributed by atoms with Gasteiger partial charge in [0, 0.05) is 19.7 Å². The third-order valence-electron chi connectivity index (χ3n) is 2.60. The molecule has 0 bridgehead atoms. The Hall–Kier alpha value is -0.900. The lowest BCUT2D eigenvalue weighted by Gasteiger charge is -2.17.